The van der Waals surface area contributed by atoms with E-state index in [1.165, 1.54) is 4.90 Å². The maximum absolute atomic E-state index is 14.0. The zero-order valence-electron chi connectivity index (χ0n) is 27.5. The average Bonchev–Trinajstić information content (AvgIpc) is 4.00. The molecule has 256 valence electrons. The summed E-state index contributed by atoms with van der Waals surface area (Å²) in [6, 6.07) is 15.8. The molecule has 0 spiro atoms. The first-order chi connectivity index (χ1) is 22.9. The number of nitrogens with one attached hydrogen (secondary N) is 2. The summed E-state index contributed by atoms with van der Waals surface area (Å²) < 4.78 is 39.4. The Balaban J connectivity index is 1.29. The fourth-order valence-corrected chi connectivity index (χ4v) is 7.83. The summed E-state index contributed by atoms with van der Waals surface area (Å²) in [5, 5.41) is 13.7. The Hall–Kier alpha value is -4.23. The minimum absolute atomic E-state index is 0.00774. The third-order valence-corrected chi connectivity index (χ3v) is 11.4. The van der Waals surface area contributed by atoms with E-state index in [1.54, 1.807) is 27.0 Å². The van der Waals surface area contributed by atoms with Crippen molar-refractivity contribution < 1.29 is 37.4 Å². The molecule has 5 atom stereocenters. The second kappa shape index (κ2) is 13.0. The Bertz CT molecular complexity index is 1830. The minimum atomic E-state index is -3.83. The van der Waals surface area contributed by atoms with Gasteiger partial charge >= 0.3 is 0 Å². The maximum atomic E-state index is 14.0. The molecule has 3 amide bonds. The molecule has 2 aliphatic carbocycles. The van der Waals surface area contributed by atoms with Crippen molar-refractivity contribution in [2.45, 2.75) is 81.9 Å². The number of hydrogen-bond donors (Lipinski definition) is 3. The van der Waals surface area contributed by atoms with Gasteiger partial charge in [-0.3, -0.25) is 19.1 Å². The van der Waals surface area contributed by atoms with Crippen molar-refractivity contribution in [2.24, 2.45) is 11.8 Å². The Morgan fingerprint density at radius 3 is 2.46 bits per heavy atom. The van der Waals surface area contributed by atoms with Crippen molar-refractivity contribution >= 4 is 38.6 Å². The topological polar surface area (TPSA) is 164 Å². The van der Waals surface area contributed by atoms with Crippen LogP contribution in [-0.4, -0.2) is 83.8 Å². The van der Waals surface area contributed by atoms with Gasteiger partial charge in [0.05, 0.1) is 30.1 Å². The smallest absolute Gasteiger partial charge is 0.259 e. The molecule has 13 heteroatoms. The van der Waals surface area contributed by atoms with Crippen LogP contribution in [0.15, 0.2) is 54.6 Å². The van der Waals surface area contributed by atoms with Crippen molar-refractivity contribution in [2.75, 3.05) is 13.7 Å². The second-order valence-electron chi connectivity index (χ2n) is 13.4. The molecule has 2 heterocycles. The van der Waals surface area contributed by atoms with Crippen LogP contribution in [0.3, 0.4) is 0 Å². The van der Waals surface area contributed by atoms with E-state index in [9.17, 15) is 27.9 Å². The third-order valence-electron chi connectivity index (χ3n) is 9.62. The van der Waals surface area contributed by atoms with Gasteiger partial charge in [0.1, 0.15) is 35.3 Å². The Morgan fingerprint density at radius 1 is 1.10 bits per heavy atom. The molecule has 3 fully saturated rings. The number of sulfonamides is 1. The monoisotopic (exact) mass is 678 g/mol. The van der Waals surface area contributed by atoms with Crippen LogP contribution in [0.2, 0.25) is 0 Å². The van der Waals surface area contributed by atoms with Crippen molar-refractivity contribution in [1.29, 1.82) is 0 Å². The Morgan fingerprint density at radius 2 is 1.83 bits per heavy atom. The summed E-state index contributed by atoms with van der Waals surface area (Å²) in [6.45, 7) is 5.29. The molecule has 3 aromatic rings. The van der Waals surface area contributed by atoms with Gasteiger partial charge in [0, 0.05) is 29.5 Å². The van der Waals surface area contributed by atoms with Gasteiger partial charge in [0.25, 0.3) is 11.8 Å². The van der Waals surface area contributed by atoms with Crippen molar-refractivity contribution in [3.63, 3.8) is 0 Å². The number of rotatable bonds is 12. The van der Waals surface area contributed by atoms with Crippen molar-refractivity contribution in [3.8, 4) is 22.8 Å². The lowest BCUT2D eigenvalue weighted by molar-refractivity contribution is -0.147. The van der Waals surface area contributed by atoms with Gasteiger partial charge in [-0.25, -0.2) is 13.4 Å². The van der Waals surface area contributed by atoms with Crippen molar-refractivity contribution in [3.05, 3.63) is 54.6 Å². The highest BCUT2D eigenvalue weighted by atomic mass is 32.2. The fraction of sp³-hybridized carbons (Fsp3) is 0.486. The number of carbonyl (C=O) groups is 3. The molecule has 48 heavy (non-hydrogen) atoms. The lowest BCUT2D eigenvalue weighted by Crippen LogP contribution is -2.57. The van der Waals surface area contributed by atoms with Gasteiger partial charge in [-0.2, -0.15) is 0 Å². The summed E-state index contributed by atoms with van der Waals surface area (Å²) in [7, 11) is -2.26. The van der Waals surface area contributed by atoms with Gasteiger partial charge in [-0.15, -0.1) is 0 Å². The van der Waals surface area contributed by atoms with Crippen LogP contribution in [0.1, 0.15) is 52.9 Å². The second-order valence-corrected chi connectivity index (χ2v) is 15.3. The number of methoxy groups -OCH3 is 1. The predicted molar refractivity (Wildman–Crippen MR) is 178 cm³/mol. The SMILES string of the molecule is CCC1C[C@]1(NC(=O)[C@@H]1C[C@@H](Oc2cc(-c3ccccc3)nc3cc(OC)ccc23)CN1C(=O)C(O)C(C)C)C(=O)NS(=O)(=O)C1CC1. The van der Waals surface area contributed by atoms with Crippen LogP contribution < -0.4 is 19.5 Å². The number of aromatic nitrogens is 1. The molecule has 3 aliphatic rings. The lowest BCUT2D eigenvalue weighted by Gasteiger charge is -2.29. The minimum Gasteiger partial charge on any atom is -0.497 e. The number of aliphatic hydroxyl groups is 1. The lowest BCUT2D eigenvalue weighted by atomic mass is 10.1. The number of pyridine rings is 1. The van der Waals surface area contributed by atoms with E-state index in [0.717, 1.165) is 5.56 Å². The zero-order valence-corrected chi connectivity index (χ0v) is 28.3. The van der Waals surface area contributed by atoms with E-state index in [1.807, 2.05) is 55.5 Å². The van der Waals surface area contributed by atoms with E-state index in [4.69, 9.17) is 14.5 Å². The molecule has 0 bridgehead atoms. The van der Waals surface area contributed by atoms with Gasteiger partial charge in [0.2, 0.25) is 15.9 Å². The number of benzene rings is 2. The van der Waals surface area contributed by atoms with Gasteiger partial charge in [0.15, 0.2) is 0 Å². The highest BCUT2D eigenvalue weighted by Gasteiger charge is 2.62. The van der Waals surface area contributed by atoms with Crippen molar-refractivity contribution in [1.82, 2.24) is 19.9 Å². The molecule has 12 nitrogen and oxygen atoms in total. The van der Waals surface area contributed by atoms with Crippen LogP contribution in [0.4, 0.5) is 0 Å². The van der Waals surface area contributed by atoms with Crippen LogP contribution >= 0.6 is 0 Å². The quantitative estimate of drug-likeness (QED) is 0.261. The standard InChI is InChI=1S/C35H42N4O8S/c1-5-22-18-35(22,34(43)38-48(44,45)25-12-13-25)37-32(41)29-16-24(19-39(29)33(42)31(40)20(2)3)47-30-17-27(21-9-7-6-8-10-21)36-28-15-23(46-4)11-14-26(28)30/h6-11,14-15,17,20,22,24-25,29,31,40H,5,12-13,16,18-19H2,1-4H3,(H,37,41)(H,38,43)/t22?,24-,29+,31?,35-/m1/s1. The molecule has 2 aromatic carbocycles. The number of ether oxygens (including phenoxy) is 2. The van der Waals surface area contributed by atoms with E-state index in [0.29, 0.717) is 47.4 Å². The maximum Gasteiger partial charge on any atom is 0.259 e. The highest BCUT2D eigenvalue weighted by Crippen LogP contribution is 2.47. The molecular formula is C35H42N4O8S. The number of fused-ring (bicyclic) bond motifs is 1. The molecule has 2 unspecified atom stereocenters. The van der Waals surface area contributed by atoms with E-state index < -0.39 is 62.7 Å². The summed E-state index contributed by atoms with van der Waals surface area (Å²) in [4.78, 5) is 47.1. The Labute approximate surface area is 280 Å². The number of carbonyl (C=O) groups excluding carboxylic acids is 3. The first kappa shape index (κ1) is 33.7. The molecule has 3 N–H and O–H groups in total. The van der Waals surface area contributed by atoms with Gasteiger partial charge in [-0.1, -0.05) is 57.5 Å². The summed E-state index contributed by atoms with van der Waals surface area (Å²) in [5.74, 6) is -1.53. The fourth-order valence-electron chi connectivity index (χ4n) is 6.46. The van der Waals surface area contributed by atoms with Gasteiger partial charge in [-0.05, 0) is 43.2 Å². The van der Waals surface area contributed by atoms with E-state index in [-0.39, 0.29) is 25.3 Å². The number of likely N-dealkylation sites (tertiary alicyclic amines) is 1. The normalized spacial score (nSPS) is 24.3. The molecule has 1 aromatic heterocycles. The molecule has 1 saturated heterocycles. The third kappa shape index (κ3) is 6.57. The van der Waals surface area contributed by atoms with Crippen LogP contribution in [0.5, 0.6) is 11.5 Å². The Kier molecular flexibility index (Phi) is 9.12. The first-order valence-corrected chi connectivity index (χ1v) is 18.0. The first-order valence-electron chi connectivity index (χ1n) is 16.4. The molecule has 6 rings (SSSR count). The molecular weight excluding hydrogens is 636 g/mol. The van der Waals surface area contributed by atoms with Crippen LogP contribution in [0, 0.1) is 11.8 Å². The van der Waals surface area contributed by atoms with Crippen LogP contribution in [-0.2, 0) is 24.4 Å². The largest absolute Gasteiger partial charge is 0.497 e. The van der Waals surface area contributed by atoms with E-state index >= 15 is 0 Å². The predicted octanol–water partition coefficient (Wildman–Crippen LogP) is 3.17. The summed E-state index contributed by atoms with van der Waals surface area (Å²) >= 11 is 0. The number of hydrogen-bond acceptors (Lipinski definition) is 9. The molecule has 1 aliphatic heterocycles. The van der Waals surface area contributed by atoms with Crippen LogP contribution in [0.25, 0.3) is 22.2 Å². The van der Waals surface area contributed by atoms with E-state index in [2.05, 4.69) is 10.0 Å². The average molecular weight is 679 g/mol. The summed E-state index contributed by atoms with van der Waals surface area (Å²) in [5.41, 5.74) is 0.767. The van der Waals surface area contributed by atoms with Gasteiger partial charge < -0.3 is 24.8 Å². The molecule has 0 radical (unpaired) electrons. The molecule has 2 saturated carbocycles. The number of amides is 3. The number of aliphatic hydroxyl groups excluding tert-OH is 1. The zero-order chi connectivity index (χ0) is 34.4. The highest BCUT2D eigenvalue weighted by molar-refractivity contribution is 7.91. The summed E-state index contributed by atoms with van der Waals surface area (Å²) in [6.07, 6.45) is -0.115. The number of nitrogens with zero attached hydrogens (tertiary/aromatic N) is 2.